The van der Waals surface area contributed by atoms with Crippen LogP contribution < -0.4 is 4.74 Å². The topological polar surface area (TPSA) is 77.2 Å². The number of hydrogen-bond donors (Lipinski definition) is 0. The zero-order chi connectivity index (χ0) is 17.6. The average molecular weight is 351 g/mol. The third kappa shape index (κ3) is 3.88. The lowest BCUT2D eigenvalue weighted by atomic mass is 10.0. The van der Waals surface area contributed by atoms with Gasteiger partial charge in [-0.15, -0.1) is 0 Å². The summed E-state index contributed by atoms with van der Waals surface area (Å²) in [5, 5.41) is 11.9. The summed E-state index contributed by atoms with van der Waals surface area (Å²) < 4.78 is 11.3. The van der Waals surface area contributed by atoms with Crippen molar-refractivity contribution in [3.63, 3.8) is 0 Å². The second kappa shape index (κ2) is 8.05. The van der Waals surface area contributed by atoms with Gasteiger partial charge in [-0.1, -0.05) is 29.8 Å². The zero-order valence-electron chi connectivity index (χ0n) is 14.5. The first-order valence-corrected chi connectivity index (χ1v) is 8.93. The second-order valence-electron chi connectivity index (χ2n) is 6.30. The first-order chi connectivity index (χ1) is 12.9. The number of para-hydroxylation sites is 1. The van der Waals surface area contributed by atoms with E-state index in [-0.39, 0.29) is 6.04 Å². The van der Waals surface area contributed by atoms with Gasteiger partial charge in [0.05, 0.1) is 24.0 Å². The van der Waals surface area contributed by atoms with Crippen molar-refractivity contribution in [2.45, 2.75) is 25.3 Å². The van der Waals surface area contributed by atoms with Crippen LogP contribution in [0.2, 0.25) is 0 Å². The highest BCUT2D eigenvalue weighted by atomic mass is 16.5. The Labute approximate surface area is 152 Å². The first kappa shape index (κ1) is 16.7. The lowest BCUT2D eigenvalue weighted by molar-refractivity contribution is 0.116. The van der Waals surface area contributed by atoms with Crippen molar-refractivity contribution in [1.82, 2.24) is 25.2 Å². The van der Waals surface area contributed by atoms with Gasteiger partial charge in [-0.25, -0.2) is 0 Å². The van der Waals surface area contributed by atoms with Crippen LogP contribution in [-0.2, 0) is 0 Å². The molecule has 7 nitrogen and oxygen atoms in total. The molecule has 1 aliphatic rings. The molecule has 134 valence electrons. The molecule has 1 aromatic carbocycles. The fourth-order valence-corrected chi connectivity index (χ4v) is 3.25. The quantitative estimate of drug-likeness (QED) is 0.675. The lowest BCUT2D eigenvalue weighted by Crippen LogP contribution is -2.37. The van der Waals surface area contributed by atoms with E-state index in [2.05, 4.69) is 25.2 Å². The largest absolute Gasteiger partial charge is 0.492 e. The summed E-state index contributed by atoms with van der Waals surface area (Å²) in [5.74, 6) is 2.12. The summed E-state index contributed by atoms with van der Waals surface area (Å²) >= 11 is 0. The summed E-state index contributed by atoms with van der Waals surface area (Å²) in [7, 11) is 0. The highest BCUT2D eigenvalue weighted by molar-refractivity contribution is 5.49. The monoisotopic (exact) mass is 351 g/mol. The van der Waals surface area contributed by atoms with Crippen molar-refractivity contribution in [2.24, 2.45) is 0 Å². The van der Waals surface area contributed by atoms with Crippen LogP contribution in [0.15, 0.2) is 53.3 Å². The van der Waals surface area contributed by atoms with Crippen molar-refractivity contribution < 1.29 is 9.26 Å². The lowest BCUT2D eigenvalue weighted by Gasteiger charge is -2.33. The molecule has 1 saturated heterocycles. The minimum absolute atomic E-state index is 0.162. The Hall–Kier alpha value is -2.80. The van der Waals surface area contributed by atoms with E-state index in [1.807, 2.05) is 36.4 Å². The maximum Gasteiger partial charge on any atom is 0.259 e. The highest BCUT2D eigenvalue weighted by Gasteiger charge is 2.28. The van der Waals surface area contributed by atoms with Crippen LogP contribution in [-0.4, -0.2) is 44.9 Å². The minimum atomic E-state index is 0.162. The molecule has 0 bridgehead atoms. The minimum Gasteiger partial charge on any atom is -0.492 e. The molecule has 0 unspecified atom stereocenters. The normalized spacial score (nSPS) is 17.9. The van der Waals surface area contributed by atoms with Gasteiger partial charge in [0.25, 0.3) is 5.89 Å². The smallest absolute Gasteiger partial charge is 0.259 e. The van der Waals surface area contributed by atoms with Crippen LogP contribution in [0.4, 0.5) is 0 Å². The number of hydrogen-bond acceptors (Lipinski definition) is 7. The van der Waals surface area contributed by atoms with E-state index in [1.54, 1.807) is 12.4 Å². The molecule has 0 radical (unpaired) electrons. The Kier molecular flexibility index (Phi) is 5.16. The number of aromatic nitrogens is 4. The molecule has 0 aliphatic carbocycles. The molecule has 1 atom stereocenters. The molecule has 1 fully saturated rings. The van der Waals surface area contributed by atoms with Crippen molar-refractivity contribution >= 4 is 0 Å². The molecule has 1 aliphatic heterocycles. The number of piperidine rings is 1. The fourth-order valence-electron chi connectivity index (χ4n) is 3.25. The van der Waals surface area contributed by atoms with E-state index in [0.29, 0.717) is 12.5 Å². The van der Waals surface area contributed by atoms with Gasteiger partial charge in [0.2, 0.25) is 0 Å². The van der Waals surface area contributed by atoms with Crippen molar-refractivity contribution in [3.8, 4) is 17.2 Å². The van der Waals surface area contributed by atoms with Gasteiger partial charge in [0, 0.05) is 6.54 Å². The maximum absolute atomic E-state index is 5.85. The predicted octanol–water partition coefficient (Wildman–Crippen LogP) is 3.13. The van der Waals surface area contributed by atoms with Gasteiger partial charge < -0.3 is 9.26 Å². The standard InChI is InChI=1S/C19H21N5O2/c1-2-6-16(7-3-1)25-13-12-24-11-5-4-8-17(24)18-22-19(26-23-18)15-9-10-20-21-14-15/h1-3,6-7,9-10,14,17H,4-5,8,11-13H2/t17-/m1/s1. The molecule has 26 heavy (non-hydrogen) atoms. The van der Waals surface area contributed by atoms with Gasteiger partial charge in [0.1, 0.15) is 12.4 Å². The highest BCUT2D eigenvalue weighted by Crippen LogP contribution is 2.30. The molecule has 0 saturated carbocycles. The molecular weight excluding hydrogens is 330 g/mol. The summed E-state index contributed by atoms with van der Waals surface area (Å²) in [4.78, 5) is 6.97. The second-order valence-corrected chi connectivity index (χ2v) is 6.30. The van der Waals surface area contributed by atoms with Crippen LogP contribution in [0.1, 0.15) is 31.1 Å². The summed E-state index contributed by atoms with van der Waals surface area (Å²) in [6.45, 7) is 2.49. The van der Waals surface area contributed by atoms with E-state index in [4.69, 9.17) is 9.26 Å². The predicted molar refractivity (Wildman–Crippen MR) is 95.4 cm³/mol. The molecule has 0 amide bonds. The number of likely N-dealkylation sites (tertiary alicyclic amines) is 1. The number of ether oxygens (including phenoxy) is 1. The van der Waals surface area contributed by atoms with Crippen LogP contribution in [0.3, 0.4) is 0 Å². The van der Waals surface area contributed by atoms with E-state index >= 15 is 0 Å². The van der Waals surface area contributed by atoms with Crippen molar-refractivity contribution in [3.05, 3.63) is 54.6 Å². The molecular formula is C19H21N5O2. The van der Waals surface area contributed by atoms with Gasteiger partial charge >= 0.3 is 0 Å². The SMILES string of the molecule is c1ccc(OCCN2CCCC[C@@H]2c2noc(-c3ccnnc3)n2)cc1. The van der Waals surface area contributed by atoms with Crippen LogP contribution in [0.5, 0.6) is 5.75 Å². The summed E-state index contributed by atoms with van der Waals surface area (Å²) in [5.41, 5.74) is 0.786. The molecule has 3 heterocycles. The van der Waals surface area contributed by atoms with Gasteiger partial charge in [0.15, 0.2) is 5.82 Å². The Morgan fingerprint density at radius 1 is 1.12 bits per heavy atom. The third-order valence-corrected chi connectivity index (χ3v) is 4.58. The van der Waals surface area contributed by atoms with E-state index in [0.717, 1.165) is 36.6 Å². The molecule has 0 spiro atoms. The van der Waals surface area contributed by atoms with Crippen LogP contribution in [0.25, 0.3) is 11.5 Å². The van der Waals surface area contributed by atoms with Gasteiger partial charge in [-0.05, 0) is 37.6 Å². The molecule has 4 rings (SSSR count). The third-order valence-electron chi connectivity index (χ3n) is 4.58. The fraction of sp³-hybridized carbons (Fsp3) is 0.368. The molecule has 3 aromatic rings. The van der Waals surface area contributed by atoms with E-state index in [9.17, 15) is 0 Å². The zero-order valence-corrected chi connectivity index (χ0v) is 14.5. The molecule has 0 N–H and O–H groups in total. The van der Waals surface area contributed by atoms with E-state index < -0.39 is 0 Å². The first-order valence-electron chi connectivity index (χ1n) is 8.93. The van der Waals surface area contributed by atoms with Crippen molar-refractivity contribution in [2.75, 3.05) is 19.7 Å². The van der Waals surface area contributed by atoms with Crippen LogP contribution in [0, 0.1) is 0 Å². The summed E-state index contributed by atoms with van der Waals surface area (Å²) in [6.07, 6.45) is 6.62. The van der Waals surface area contributed by atoms with Crippen molar-refractivity contribution in [1.29, 1.82) is 0 Å². The Morgan fingerprint density at radius 3 is 2.88 bits per heavy atom. The summed E-state index contributed by atoms with van der Waals surface area (Å²) in [6, 6.07) is 11.9. The Balaban J connectivity index is 1.41. The number of benzene rings is 1. The van der Waals surface area contributed by atoms with Gasteiger partial charge in [-0.3, -0.25) is 4.90 Å². The maximum atomic E-state index is 5.85. The van der Waals surface area contributed by atoms with Crippen LogP contribution >= 0.6 is 0 Å². The Morgan fingerprint density at radius 2 is 2.04 bits per heavy atom. The molecule has 2 aromatic heterocycles. The molecule has 7 heteroatoms. The Bertz CT molecular complexity index is 809. The number of rotatable bonds is 6. The van der Waals surface area contributed by atoms with Gasteiger partial charge in [-0.2, -0.15) is 15.2 Å². The number of nitrogens with zero attached hydrogens (tertiary/aromatic N) is 5. The van der Waals surface area contributed by atoms with E-state index in [1.165, 1.54) is 12.8 Å². The average Bonchev–Trinajstić information content (AvgIpc) is 3.20.